The lowest BCUT2D eigenvalue weighted by atomic mass is 10.00. The average molecular weight is 508 g/mol. The van der Waals surface area contributed by atoms with Gasteiger partial charge in [0.15, 0.2) is 0 Å². The first-order valence-corrected chi connectivity index (χ1v) is 11.5. The number of rotatable bonds is 17. The molecule has 0 heterocycles. The first-order chi connectivity index (χ1) is 16.9. The van der Waals surface area contributed by atoms with Gasteiger partial charge in [0, 0.05) is 11.1 Å². The molecule has 0 saturated carbocycles. The van der Waals surface area contributed by atoms with Crippen LogP contribution in [-0.4, -0.2) is 63.0 Å². The van der Waals surface area contributed by atoms with Gasteiger partial charge in [-0.15, -0.1) is 0 Å². The summed E-state index contributed by atoms with van der Waals surface area (Å²) in [5.74, 6) is -1.93. The molecule has 0 aliphatic rings. The van der Waals surface area contributed by atoms with Gasteiger partial charge in [0.2, 0.25) is 0 Å². The zero-order valence-electron chi connectivity index (χ0n) is 21.8. The van der Waals surface area contributed by atoms with Crippen LogP contribution in [0.1, 0.15) is 72.1 Å². The standard InChI is InChI=1S/C26H37NO9/c1-8-26(6,7)27-23(28)20-13-21(24(29)31-9-11-33-35-16-18(2)3)15-22(14-20)25(30)32-10-12-34-36-17-19(4)5/h13-15H,2,4,8-12,16-17H2,1,3,5-7H3,(H,27,28). The quantitative estimate of drug-likeness (QED) is 0.110. The molecule has 1 aromatic carbocycles. The molecule has 0 fully saturated rings. The molecule has 0 aliphatic carbocycles. The molecule has 200 valence electrons. The Morgan fingerprint density at radius 1 is 0.750 bits per heavy atom. The fraction of sp³-hybridized carbons (Fsp3) is 0.500. The van der Waals surface area contributed by atoms with Crippen LogP contribution >= 0.6 is 0 Å². The molecule has 0 aliphatic heterocycles. The van der Waals surface area contributed by atoms with Crippen LogP contribution in [0.15, 0.2) is 42.5 Å². The highest BCUT2D eigenvalue weighted by Gasteiger charge is 2.22. The Morgan fingerprint density at radius 3 is 1.56 bits per heavy atom. The second kappa shape index (κ2) is 15.8. The SMILES string of the molecule is C=C(C)COOCCOC(=O)c1cc(C(=O)NC(C)(C)CC)cc(C(=O)OCCOOCC(=C)C)c1. The second-order valence-corrected chi connectivity index (χ2v) is 8.84. The van der Waals surface area contributed by atoms with Gasteiger partial charge < -0.3 is 14.8 Å². The van der Waals surface area contributed by atoms with Crippen LogP contribution < -0.4 is 5.32 Å². The van der Waals surface area contributed by atoms with Crippen LogP contribution in [0.4, 0.5) is 0 Å². The number of hydrogen-bond acceptors (Lipinski definition) is 9. The zero-order valence-corrected chi connectivity index (χ0v) is 21.8. The van der Waals surface area contributed by atoms with Gasteiger partial charge in [-0.05, 0) is 52.3 Å². The van der Waals surface area contributed by atoms with Crippen LogP contribution in [0, 0.1) is 0 Å². The van der Waals surface area contributed by atoms with E-state index in [1.54, 1.807) is 13.8 Å². The largest absolute Gasteiger partial charge is 0.460 e. The number of carbonyl (C=O) groups is 3. The van der Waals surface area contributed by atoms with Crippen molar-refractivity contribution in [2.75, 3.05) is 39.6 Å². The topological polar surface area (TPSA) is 119 Å². The van der Waals surface area contributed by atoms with Crippen LogP contribution in [-0.2, 0) is 29.0 Å². The van der Waals surface area contributed by atoms with E-state index in [0.717, 1.165) is 11.1 Å². The van der Waals surface area contributed by atoms with E-state index in [1.165, 1.54) is 18.2 Å². The van der Waals surface area contributed by atoms with Crippen molar-refractivity contribution in [3.05, 3.63) is 59.2 Å². The Balaban J connectivity index is 2.89. The molecule has 1 rings (SSSR count). The van der Waals surface area contributed by atoms with E-state index >= 15 is 0 Å². The van der Waals surface area contributed by atoms with Crippen molar-refractivity contribution >= 4 is 17.8 Å². The highest BCUT2D eigenvalue weighted by atomic mass is 17.2. The molecule has 1 aromatic rings. The van der Waals surface area contributed by atoms with Crippen LogP contribution in [0.3, 0.4) is 0 Å². The number of nitrogens with one attached hydrogen (secondary N) is 1. The Labute approximate surface area is 212 Å². The molecule has 1 N–H and O–H groups in total. The zero-order chi connectivity index (χ0) is 27.1. The Bertz CT molecular complexity index is 868. The Hall–Kier alpha value is -3.05. The summed E-state index contributed by atoms with van der Waals surface area (Å²) in [6.07, 6.45) is 0.677. The van der Waals surface area contributed by atoms with Crippen molar-refractivity contribution in [1.82, 2.24) is 5.32 Å². The van der Waals surface area contributed by atoms with E-state index in [4.69, 9.17) is 29.0 Å². The third-order valence-electron chi connectivity index (χ3n) is 4.58. The minimum atomic E-state index is -0.742. The van der Waals surface area contributed by atoms with Crippen molar-refractivity contribution < 1.29 is 43.4 Å². The van der Waals surface area contributed by atoms with Crippen LogP contribution in [0.25, 0.3) is 0 Å². The van der Waals surface area contributed by atoms with Gasteiger partial charge in [-0.3, -0.25) is 4.79 Å². The fourth-order valence-corrected chi connectivity index (χ4v) is 2.37. The van der Waals surface area contributed by atoms with Crippen molar-refractivity contribution in [3.8, 4) is 0 Å². The molecular formula is C26H37NO9. The monoisotopic (exact) mass is 507 g/mol. The van der Waals surface area contributed by atoms with Gasteiger partial charge in [-0.1, -0.05) is 31.2 Å². The summed E-state index contributed by atoms with van der Waals surface area (Å²) in [6, 6.07) is 4.00. The number of amides is 1. The van der Waals surface area contributed by atoms with Gasteiger partial charge in [-0.25, -0.2) is 29.1 Å². The minimum Gasteiger partial charge on any atom is -0.460 e. The number of hydrogen-bond donors (Lipinski definition) is 1. The summed E-state index contributed by atoms with van der Waals surface area (Å²) in [6.45, 7) is 16.8. The highest BCUT2D eigenvalue weighted by molar-refractivity contribution is 6.02. The molecule has 10 nitrogen and oxygen atoms in total. The Kier molecular flexibility index (Phi) is 13.6. The predicted molar refractivity (Wildman–Crippen MR) is 132 cm³/mol. The lowest BCUT2D eigenvalue weighted by molar-refractivity contribution is -0.291. The maximum absolute atomic E-state index is 12.8. The molecule has 1 amide bonds. The Morgan fingerprint density at radius 2 is 1.17 bits per heavy atom. The lowest BCUT2D eigenvalue weighted by Gasteiger charge is -2.24. The van der Waals surface area contributed by atoms with E-state index in [-0.39, 0.29) is 56.3 Å². The van der Waals surface area contributed by atoms with Crippen molar-refractivity contribution in [2.24, 2.45) is 0 Å². The molecule has 0 radical (unpaired) electrons. The van der Waals surface area contributed by atoms with Gasteiger partial charge in [0.05, 0.1) is 11.1 Å². The van der Waals surface area contributed by atoms with Gasteiger partial charge in [0.25, 0.3) is 5.91 Å². The number of benzene rings is 1. The summed E-state index contributed by atoms with van der Waals surface area (Å²) in [5.41, 5.74) is 1.19. The number of esters is 2. The summed E-state index contributed by atoms with van der Waals surface area (Å²) in [5, 5.41) is 2.87. The number of carbonyl (C=O) groups excluding carboxylic acids is 3. The van der Waals surface area contributed by atoms with Crippen LogP contribution in [0.5, 0.6) is 0 Å². The summed E-state index contributed by atoms with van der Waals surface area (Å²) in [7, 11) is 0. The predicted octanol–water partition coefficient (Wildman–Crippen LogP) is 3.97. The average Bonchev–Trinajstić information content (AvgIpc) is 2.82. The van der Waals surface area contributed by atoms with Crippen molar-refractivity contribution in [3.63, 3.8) is 0 Å². The third kappa shape index (κ3) is 12.6. The van der Waals surface area contributed by atoms with Crippen molar-refractivity contribution in [1.29, 1.82) is 0 Å². The summed E-state index contributed by atoms with van der Waals surface area (Å²) >= 11 is 0. The molecule has 0 unspecified atom stereocenters. The first kappa shape index (κ1) is 31.0. The second-order valence-electron chi connectivity index (χ2n) is 8.84. The molecule has 0 atom stereocenters. The number of ether oxygens (including phenoxy) is 2. The maximum atomic E-state index is 12.8. The molecule has 36 heavy (non-hydrogen) atoms. The van der Waals surface area contributed by atoms with E-state index in [0.29, 0.717) is 6.42 Å². The van der Waals surface area contributed by atoms with Gasteiger partial charge in [0.1, 0.15) is 39.6 Å². The lowest BCUT2D eigenvalue weighted by Crippen LogP contribution is -2.42. The minimum absolute atomic E-state index is 0.00722. The third-order valence-corrected chi connectivity index (χ3v) is 4.58. The maximum Gasteiger partial charge on any atom is 0.338 e. The molecule has 10 heteroatoms. The normalized spacial score (nSPS) is 11.0. The van der Waals surface area contributed by atoms with Crippen molar-refractivity contribution in [2.45, 2.75) is 46.6 Å². The molecule has 0 saturated heterocycles. The highest BCUT2D eigenvalue weighted by Crippen LogP contribution is 2.16. The summed E-state index contributed by atoms with van der Waals surface area (Å²) in [4.78, 5) is 57.6. The van der Waals surface area contributed by atoms with E-state index in [2.05, 4.69) is 18.5 Å². The summed E-state index contributed by atoms with van der Waals surface area (Å²) < 4.78 is 10.4. The van der Waals surface area contributed by atoms with E-state index < -0.39 is 23.4 Å². The molecular weight excluding hydrogens is 470 g/mol. The molecule has 0 spiro atoms. The fourth-order valence-electron chi connectivity index (χ4n) is 2.37. The van der Waals surface area contributed by atoms with Gasteiger partial charge in [-0.2, -0.15) is 0 Å². The van der Waals surface area contributed by atoms with Crippen LogP contribution in [0.2, 0.25) is 0 Å². The molecule has 0 bridgehead atoms. The van der Waals surface area contributed by atoms with Gasteiger partial charge >= 0.3 is 11.9 Å². The van der Waals surface area contributed by atoms with E-state index in [1.807, 2.05) is 20.8 Å². The van der Waals surface area contributed by atoms with E-state index in [9.17, 15) is 14.4 Å². The smallest absolute Gasteiger partial charge is 0.338 e. The first-order valence-electron chi connectivity index (χ1n) is 11.5. The molecule has 0 aromatic heterocycles.